The highest BCUT2D eigenvalue weighted by molar-refractivity contribution is 5.80. The average molecular weight is 483 g/mol. The minimum Gasteiger partial charge on any atom is -0.491 e. The third-order valence-corrected chi connectivity index (χ3v) is 5.97. The van der Waals surface area contributed by atoms with E-state index in [1.165, 1.54) is 0 Å². The summed E-state index contributed by atoms with van der Waals surface area (Å²) in [6.45, 7) is 2.56. The van der Waals surface area contributed by atoms with Crippen LogP contribution in [-0.4, -0.2) is 48.5 Å². The molecule has 0 aliphatic heterocycles. The Kier molecular flexibility index (Phi) is 6.81. The Morgan fingerprint density at radius 2 is 1.83 bits per heavy atom. The summed E-state index contributed by atoms with van der Waals surface area (Å²) in [5, 5.41) is 23.8. The van der Waals surface area contributed by atoms with Gasteiger partial charge in [-0.05, 0) is 51.7 Å². The van der Waals surface area contributed by atoms with Crippen LogP contribution in [0.4, 0.5) is 0 Å². The number of benzene rings is 3. The minimum atomic E-state index is -0.106. The van der Waals surface area contributed by atoms with Crippen LogP contribution in [0, 0.1) is 0 Å². The van der Waals surface area contributed by atoms with Crippen LogP contribution in [0.25, 0.3) is 33.4 Å². The summed E-state index contributed by atoms with van der Waals surface area (Å²) in [6.07, 6.45) is 1.58. The van der Waals surface area contributed by atoms with E-state index in [9.17, 15) is 4.79 Å². The summed E-state index contributed by atoms with van der Waals surface area (Å²) in [7, 11) is 0. The predicted octanol–water partition coefficient (Wildman–Crippen LogP) is 3.62. The van der Waals surface area contributed by atoms with Crippen molar-refractivity contribution in [1.29, 1.82) is 0 Å². The Morgan fingerprint density at radius 1 is 1.03 bits per heavy atom. The lowest BCUT2D eigenvalue weighted by molar-refractivity contribution is 0.201. The Balaban J connectivity index is 1.49. The molecule has 2 N–H and O–H groups in total. The minimum absolute atomic E-state index is 0.0915. The summed E-state index contributed by atoms with van der Waals surface area (Å²) < 4.78 is 7.25. The largest absolute Gasteiger partial charge is 0.491 e. The summed E-state index contributed by atoms with van der Waals surface area (Å²) in [6, 6.07) is 21.3. The van der Waals surface area contributed by atoms with Gasteiger partial charge in [-0.15, -0.1) is 5.10 Å². The van der Waals surface area contributed by atoms with Gasteiger partial charge in [-0.3, -0.25) is 9.36 Å². The molecule has 9 heteroatoms. The van der Waals surface area contributed by atoms with Gasteiger partial charge in [-0.1, -0.05) is 55.5 Å². The fraction of sp³-hybridized carbons (Fsp3) is 0.222. The summed E-state index contributed by atoms with van der Waals surface area (Å²) in [4.78, 5) is 18.3. The van der Waals surface area contributed by atoms with E-state index in [4.69, 9.17) is 14.8 Å². The molecule has 5 aromatic rings. The van der Waals surface area contributed by atoms with Gasteiger partial charge >= 0.3 is 0 Å². The molecule has 0 aliphatic carbocycles. The molecule has 182 valence electrons. The molecule has 2 heterocycles. The smallest absolute Gasteiger partial charge is 0.261 e. The second kappa shape index (κ2) is 10.5. The van der Waals surface area contributed by atoms with Crippen LogP contribution in [0.2, 0.25) is 0 Å². The van der Waals surface area contributed by atoms with Crippen molar-refractivity contribution in [3.63, 3.8) is 0 Å². The molecule has 0 atom stereocenters. The molecule has 0 aliphatic rings. The first-order valence-corrected chi connectivity index (χ1v) is 11.9. The molecular formula is C27H26N6O3. The van der Waals surface area contributed by atoms with Crippen molar-refractivity contribution in [1.82, 2.24) is 30.2 Å². The first-order valence-electron chi connectivity index (χ1n) is 11.9. The monoisotopic (exact) mass is 482 g/mol. The predicted molar refractivity (Wildman–Crippen MR) is 137 cm³/mol. The lowest BCUT2D eigenvalue weighted by Crippen LogP contribution is -2.26. The highest BCUT2D eigenvalue weighted by Gasteiger charge is 2.14. The van der Waals surface area contributed by atoms with Crippen LogP contribution in [-0.2, 0) is 13.0 Å². The van der Waals surface area contributed by atoms with E-state index < -0.39 is 0 Å². The number of aliphatic hydroxyl groups excluding tert-OH is 1. The van der Waals surface area contributed by atoms with Gasteiger partial charge in [0.15, 0.2) is 5.82 Å². The molecule has 3 aromatic carbocycles. The maximum atomic E-state index is 13.5. The number of hydrogen-bond donors (Lipinski definition) is 2. The molecule has 2 aromatic heterocycles. The number of H-pyrrole nitrogens is 1. The molecular weight excluding hydrogens is 456 g/mol. The van der Waals surface area contributed by atoms with E-state index in [1.807, 2.05) is 48.5 Å². The average Bonchev–Trinajstić information content (AvgIpc) is 3.45. The van der Waals surface area contributed by atoms with Gasteiger partial charge < -0.3 is 9.84 Å². The zero-order valence-corrected chi connectivity index (χ0v) is 19.9. The van der Waals surface area contributed by atoms with Gasteiger partial charge in [0, 0.05) is 12.0 Å². The number of ether oxygens (including phenoxy) is 1. The molecule has 0 fully saturated rings. The van der Waals surface area contributed by atoms with Crippen molar-refractivity contribution in [2.24, 2.45) is 0 Å². The molecule has 5 rings (SSSR count). The van der Waals surface area contributed by atoms with E-state index >= 15 is 0 Å². The van der Waals surface area contributed by atoms with E-state index in [1.54, 1.807) is 22.8 Å². The zero-order chi connectivity index (χ0) is 24.9. The zero-order valence-electron chi connectivity index (χ0n) is 19.9. The number of hydrogen-bond acceptors (Lipinski definition) is 7. The number of aromatic nitrogens is 6. The molecule has 0 saturated heterocycles. The van der Waals surface area contributed by atoms with E-state index in [0.717, 1.165) is 34.5 Å². The Labute approximate surface area is 207 Å². The number of rotatable bonds is 9. The van der Waals surface area contributed by atoms with Crippen molar-refractivity contribution in [3.05, 3.63) is 88.5 Å². The number of aromatic amines is 1. The highest BCUT2D eigenvalue weighted by Crippen LogP contribution is 2.30. The van der Waals surface area contributed by atoms with Crippen molar-refractivity contribution in [2.75, 3.05) is 13.2 Å². The van der Waals surface area contributed by atoms with Crippen molar-refractivity contribution in [2.45, 2.75) is 26.3 Å². The van der Waals surface area contributed by atoms with Crippen LogP contribution in [0.5, 0.6) is 5.75 Å². The van der Waals surface area contributed by atoms with Gasteiger partial charge in [0.1, 0.15) is 18.2 Å². The Bertz CT molecular complexity index is 1530. The standard InChI is InChI=1S/C27H26N6O3/c1-2-5-25-28-24-13-12-20(36-15-14-34)16-23(24)27(35)33(25)17-18-8-10-19(11-9-18)21-6-3-4-7-22(21)26-29-31-32-30-26/h3-4,6-13,16,34H,2,5,14-15,17H2,1H3,(H,29,30,31,32). The van der Waals surface area contributed by atoms with E-state index in [0.29, 0.717) is 35.4 Å². The van der Waals surface area contributed by atoms with Crippen LogP contribution >= 0.6 is 0 Å². The second-order valence-corrected chi connectivity index (χ2v) is 8.41. The lowest BCUT2D eigenvalue weighted by Gasteiger charge is -2.15. The maximum absolute atomic E-state index is 13.5. The van der Waals surface area contributed by atoms with Crippen molar-refractivity contribution in [3.8, 4) is 28.3 Å². The van der Waals surface area contributed by atoms with Gasteiger partial charge in [0.25, 0.3) is 5.56 Å². The number of aryl methyl sites for hydroxylation is 1. The number of tetrazole rings is 1. The Morgan fingerprint density at radius 3 is 2.56 bits per heavy atom. The molecule has 0 spiro atoms. The topological polar surface area (TPSA) is 119 Å². The molecule has 36 heavy (non-hydrogen) atoms. The summed E-state index contributed by atoms with van der Waals surface area (Å²) in [5.41, 5.74) is 4.47. The SMILES string of the molecule is CCCc1nc2ccc(OCCO)cc2c(=O)n1Cc1ccc(-c2ccccc2-c2nnn[nH]2)cc1. The third-order valence-electron chi connectivity index (χ3n) is 5.97. The molecule has 0 unspecified atom stereocenters. The maximum Gasteiger partial charge on any atom is 0.261 e. The first-order chi connectivity index (χ1) is 17.7. The molecule has 0 bridgehead atoms. The first kappa shape index (κ1) is 23.4. The molecule has 0 radical (unpaired) electrons. The second-order valence-electron chi connectivity index (χ2n) is 8.41. The lowest BCUT2D eigenvalue weighted by atomic mass is 9.98. The number of aliphatic hydroxyl groups is 1. The van der Waals surface area contributed by atoms with Gasteiger partial charge in [-0.25, -0.2) is 10.1 Å². The van der Waals surface area contributed by atoms with Crippen molar-refractivity contribution >= 4 is 10.9 Å². The number of nitrogens with zero attached hydrogens (tertiary/aromatic N) is 5. The van der Waals surface area contributed by atoms with Gasteiger partial charge in [0.2, 0.25) is 0 Å². The fourth-order valence-corrected chi connectivity index (χ4v) is 4.26. The van der Waals surface area contributed by atoms with Gasteiger partial charge in [-0.2, -0.15) is 0 Å². The van der Waals surface area contributed by atoms with Crippen LogP contribution in [0.15, 0.2) is 71.5 Å². The summed E-state index contributed by atoms with van der Waals surface area (Å²) >= 11 is 0. The number of nitrogens with one attached hydrogen (secondary N) is 1. The molecule has 0 saturated carbocycles. The summed E-state index contributed by atoms with van der Waals surface area (Å²) in [5.74, 6) is 1.90. The molecule has 0 amide bonds. The normalized spacial score (nSPS) is 11.2. The third kappa shape index (κ3) is 4.73. The van der Waals surface area contributed by atoms with Crippen LogP contribution in [0.3, 0.4) is 0 Å². The number of fused-ring (bicyclic) bond motifs is 1. The molecule has 9 nitrogen and oxygen atoms in total. The Hall–Kier alpha value is -4.37. The highest BCUT2D eigenvalue weighted by atomic mass is 16.5. The van der Waals surface area contributed by atoms with E-state index in [-0.39, 0.29) is 18.8 Å². The van der Waals surface area contributed by atoms with Crippen LogP contribution in [0.1, 0.15) is 24.7 Å². The van der Waals surface area contributed by atoms with E-state index in [2.05, 4.69) is 27.5 Å². The van der Waals surface area contributed by atoms with Gasteiger partial charge in [0.05, 0.1) is 24.1 Å². The van der Waals surface area contributed by atoms with Crippen molar-refractivity contribution < 1.29 is 9.84 Å². The van der Waals surface area contributed by atoms with Crippen LogP contribution < -0.4 is 10.3 Å². The fourth-order valence-electron chi connectivity index (χ4n) is 4.26. The quantitative estimate of drug-likeness (QED) is 0.329.